The molecule has 3 heteroatoms. The third kappa shape index (κ3) is 3.56. The Hall–Kier alpha value is -1.01. The molecule has 1 amide bonds. The fraction of sp³-hybridized carbons (Fsp3) is 0.500. The molecule has 0 aromatic carbocycles. The third-order valence-electron chi connectivity index (χ3n) is 0.940. The smallest absolute Gasteiger partial charge is 0.208 e. The zero-order valence-electron chi connectivity index (χ0n) is 5.35. The zero-order chi connectivity index (χ0) is 7.11. The number of hydrogen-bond donors (Lipinski definition) is 2. The predicted octanol–water partition coefficient (Wildman–Crippen LogP) is -0.699. The zero-order valence-corrected chi connectivity index (χ0v) is 5.35. The van der Waals surface area contributed by atoms with Gasteiger partial charge in [-0.15, -0.1) is 12.3 Å². The first-order valence-electron chi connectivity index (χ1n) is 2.65. The van der Waals surface area contributed by atoms with Crippen molar-refractivity contribution in [1.29, 1.82) is 0 Å². The highest BCUT2D eigenvalue weighted by Crippen LogP contribution is 1.79. The van der Waals surface area contributed by atoms with E-state index < -0.39 is 0 Å². The number of terminal acetylenes is 1. The summed E-state index contributed by atoms with van der Waals surface area (Å²) in [6.45, 7) is 0. The lowest BCUT2D eigenvalue weighted by Gasteiger charge is -2.09. The van der Waals surface area contributed by atoms with Crippen LogP contribution in [-0.2, 0) is 4.79 Å². The molecule has 0 radical (unpaired) electrons. The molecule has 3 nitrogen and oxygen atoms in total. The predicted molar refractivity (Wildman–Crippen MR) is 35.5 cm³/mol. The van der Waals surface area contributed by atoms with Gasteiger partial charge in [0.05, 0.1) is 6.17 Å². The van der Waals surface area contributed by atoms with Crippen LogP contribution in [0.15, 0.2) is 0 Å². The molecule has 0 rings (SSSR count). The number of rotatable bonds is 4. The Bertz CT molecular complexity index is 117. The van der Waals surface area contributed by atoms with E-state index in [0.717, 1.165) is 0 Å². The molecule has 0 aliphatic carbocycles. The lowest BCUT2D eigenvalue weighted by molar-refractivity contribution is -0.110. The van der Waals surface area contributed by atoms with E-state index in [1.807, 2.05) is 0 Å². The standard InChI is InChI=1S/C6H10N2O/c1-3-4-6(7-2)8-5-9/h1,5-7H,4H2,2H3,(H,8,9). The van der Waals surface area contributed by atoms with Crippen molar-refractivity contribution in [3.8, 4) is 12.3 Å². The van der Waals surface area contributed by atoms with Gasteiger partial charge in [0.15, 0.2) is 0 Å². The van der Waals surface area contributed by atoms with Crippen molar-refractivity contribution in [2.45, 2.75) is 12.6 Å². The molecular formula is C6H10N2O. The summed E-state index contributed by atoms with van der Waals surface area (Å²) in [5.41, 5.74) is 0. The van der Waals surface area contributed by atoms with Crippen LogP contribution in [-0.4, -0.2) is 19.6 Å². The summed E-state index contributed by atoms with van der Waals surface area (Å²) < 4.78 is 0. The molecule has 50 valence electrons. The van der Waals surface area contributed by atoms with Crippen LogP contribution in [0.2, 0.25) is 0 Å². The monoisotopic (exact) mass is 126 g/mol. The number of hydrogen-bond acceptors (Lipinski definition) is 2. The van der Waals surface area contributed by atoms with Gasteiger partial charge >= 0.3 is 0 Å². The fourth-order valence-corrected chi connectivity index (χ4v) is 0.444. The van der Waals surface area contributed by atoms with Crippen LogP contribution in [0.5, 0.6) is 0 Å². The van der Waals surface area contributed by atoms with E-state index in [1.54, 1.807) is 7.05 Å². The van der Waals surface area contributed by atoms with E-state index in [4.69, 9.17) is 6.42 Å². The second-order valence-corrected chi connectivity index (χ2v) is 1.53. The topological polar surface area (TPSA) is 41.1 Å². The van der Waals surface area contributed by atoms with Crippen LogP contribution in [0.25, 0.3) is 0 Å². The minimum atomic E-state index is -0.0903. The molecule has 1 atom stereocenters. The highest BCUT2D eigenvalue weighted by molar-refractivity contribution is 5.46. The largest absolute Gasteiger partial charge is 0.342 e. The summed E-state index contributed by atoms with van der Waals surface area (Å²) in [6, 6.07) is 0. The average Bonchev–Trinajstić information content (AvgIpc) is 1.88. The number of amides is 1. The lowest BCUT2D eigenvalue weighted by Crippen LogP contribution is -2.38. The molecule has 0 saturated heterocycles. The number of carbonyl (C=O) groups is 1. The third-order valence-corrected chi connectivity index (χ3v) is 0.940. The Kier molecular flexibility index (Phi) is 4.56. The molecule has 2 N–H and O–H groups in total. The van der Waals surface area contributed by atoms with Crippen LogP contribution < -0.4 is 10.6 Å². The summed E-state index contributed by atoms with van der Waals surface area (Å²) in [7, 11) is 1.73. The van der Waals surface area contributed by atoms with Crippen molar-refractivity contribution in [2.75, 3.05) is 7.05 Å². The fourth-order valence-electron chi connectivity index (χ4n) is 0.444. The molecule has 0 aromatic heterocycles. The maximum absolute atomic E-state index is 9.83. The Morgan fingerprint density at radius 1 is 1.89 bits per heavy atom. The van der Waals surface area contributed by atoms with Crippen molar-refractivity contribution < 1.29 is 4.79 Å². The molecule has 0 heterocycles. The summed E-state index contributed by atoms with van der Waals surface area (Å²) in [6.07, 6.45) is 6.03. The molecule has 0 aliphatic rings. The molecule has 0 fully saturated rings. The van der Waals surface area contributed by atoms with Crippen molar-refractivity contribution >= 4 is 6.41 Å². The van der Waals surface area contributed by atoms with Gasteiger partial charge in [0, 0.05) is 6.42 Å². The van der Waals surface area contributed by atoms with Gasteiger partial charge in [0.1, 0.15) is 0 Å². The minimum absolute atomic E-state index is 0.0903. The maximum atomic E-state index is 9.83. The van der Waals surface area contributed by atoms with Gasteiger partial charge in [-0.05, 0) is 7.05 Å². The van der Waals surface area contributed by atoms with E-state index in [9.17, 15) is 4.79 Å². The van der Waals surface area contributed by atoms with Crippen LogP contribution in [0.4, 0.5) is 0 Å². The Morgan fingerprint density at radius 3 is 2.89 bits per heavy atom. The Balaban J connectivity index is 3.43. The molecule has 1 unspecified atom stereocenters. The Morgan fingerprint density at radius 2 is 2.56 bits per heavy atom. The summed E-state index contributed by atoms with van der Waals surface area (Å²) in [4.78, 5) is 9.83. The van der Waals surface area contributed by atoms with E-state index in [-0.39, 0.29) is 6.17 Å². The summed E-state index contributed by atoms with van der Waals surface area (Å²) in [5, 5.41) is 5.32. The van der Waals surface area contributed by atoms with Crippen molar-refractivity contribution in [2.24, 2.45) is 0 Å². The number of nitrogens with one attached hydrogen (secondary N) is 2. The van der Waals surface area contributed by atoms with E-state index in [2.05, 4.69) is 16.6 Å². The average molecular weight is 126 g/mol. The van der Waals surface area contributed by atoms with E-state index >= 15 is 0 Å². The van der Waals surface area contributed by atoms with Gasteiger partial charge in [0.25, 0.3) is 0 Å². The van der Waals surface area contributed by atoms with Gasteiger partial charge in [-0.25, -0.2) is 0 Å². The Labute approximate surface area is 54.8 Å². The molecule has 0 spiro atoms. The van der Waals surface area contributed by atoms with Gasteiger partial charge in [0.2, 0.25) is 6.41 Å². The maximum Gasteiger partial charge on any atom is 0.208 e. The first-order valence-corrected chi connectivity index (χ1v) is 2.65. The van der Waals surface area contributed by atoms with Crippen LogP contribution in [0.3, 0.4) is 0 Å². The second kappa shape index (κ2) is 5.13. The molecular weight excluding hydrogens is 116 g/mol. The van der Waals surface area contributed by atoms with Crippen LogP contribution >= 0.6 is 0 Å². The molecule has 0 aliphatic heterocycles. The first kappa shape index (κ1) is 7.99. The summed E-state index contributed by atoms with van der Waals surface area (Å²) >= 11 is 0. The molecule has 0 bridgehead atoms. The molecule has 0 aromatic rings. The van der Waals surface area contributed by atoms with Gasteiger partial charge in [-0.2, -0.15) is 0 Å². The van der Waals surface area contributed by atoms with E-state index in [1.165, 1.54) is 0 Å². The van der Waals surface area contributed by atoms with Crippen molar-refractivity contribution in [3.63, 3.8) is 0 Å². The van der Waals surface area contributed by atoms with Gasteiger partial charge < -0.3 is 5.32 Å². The van der Waals surface area contributed by atoms with Crippen LogP contribution in [0, 0.1) is 12.3 Å². The van der Waals surface area contributed by atoms with E-state index in [0.29, 0.717) is 12.8 Å². The van der Waals surface area contributed by atoms with Crippen molar-refractivity contribution in [3.05, 3.63) is 0 Å². The highest BCUT2D eigenvalue weighted by Gasteiger charge is 1.97. The summed E-state index contributed by atoms with van der Waals surface area (Å²) in [5.74, 6) is 2.42. The first-order chi connectivity index (χ1) is 4.35. The number of carbonyl (C=O) groups excluding carboxylic acids is 1. The lowest BCUT2D eigenvalue weighted by atomic mass is 10.3. The van der Waals surface area contributed by atoms with Crippen molar-refractivity contribution in [1.82, 2.24) is 10.6 Å². The highest BCUT2D eigenvalue weighted by atomic mass is 16.1. The quantitative estimate of drug-likeness (QED) is 0.297. The van der Waals surface area contributed by atoms with Gasteiger partial charge in [-0.3, -0.25) is 10.1 Å². The normalized spacial score (nSPS) is 11.6. The molecule has 9 heavy (non-hydrogen) atoms. The second-order valence-electron chi connectivity index (χ2n) is 1.53. The van der Waals surface area contributed by atoms with Gasteiger partial charge in [-0.1, -0.05) is 0 Å². The minimum Gasteiger partial charge on any atom is -0.342 e. The SMILES string of the molecule is C#CCC(NC)NC=O. The molecule has 0 saturated carbocycles. The van der Waals surface area contributed by atoms with Crippen LogP contribution in [0.1, 0.15) is 6.42 Å².